The highest BCUT2D eigenvalue weighted by Crippen LogP contribution is 2.16. The van der Waals surface area contributed by atoms with Gasteiger partial charge in [0.05, 0.1) is 6.20 Å². The van der Waals surface area contributed by atoms with Crippen LogP contribution in [0.5, 0.6) is 5.75 Å². The van der Waals surface area contributed by atoms with Crippen LogP contribution in [0.2, 0.25) is 0 Å². The molecule has 0 radical (unpaired) electrons. The molecule has 0 aliphatic heterocycles. The molecular weight excluding hydrogens is 232 g/mol. The number of rotatable bonds is 2. The van der Waals surface area contributed by atoms with Crippen LogP contribution in [0.25, 0.3) is 0 Å². The minimum absolute atomic E-state index is 0.0339. The van der Waals surface area contributed by atoms with E-state index in [-0.39, 0.29) is 17.9 Å². The van der Waals surface area contributed by atoms with Gasteiger partial charge in [0, 0.05) is 6.20 Å². The lowest BCUT2D eigenvalue weighted by Gasteiger charge is -2.04. The van der Waals surface area contributed by atoms with Crippen molar-refractivity contribution >= 4 is 6.09 Å². The Morgan fingerprint density at radius 1 is 1.33 bits per heavy atom. The van der Waals surface area contributed by atoms with Crippen molar-refractivity contribution in [1.29, 1.82) is 5.26 Å². The molecule has 2 rings (SSSR count). The molecule has 1 aromatic carbocycles. The Kier molecular flexibility index (Phi) is 3.30. The van der Waals surface area contributed by atoms with E-state index in [0.717, 1.165) is 16.3 Å². The summed E-state index contributed by atoms with van der Waals surface area (Å²) >= 11 is 0. The van der Waals surface area contributed by atoms with Crippen LogP contribution in [0, 0.1) is 11.3 Å². The van der Waals surface area contributed by atoms with Crippen molar-refractivity contribution < 1.29 is 14.6 Å². The van der Waals surface area contributed by atoms with Gasteiger partial charge in [-0.25, -0.2) is 4.79 Å². The molecule has 18 heavy (non-hydrogen) atoms. The number of aromatic hydroxyl groups is 1. The Morgan fingerprint density at radius 3 is 2.67 bits per heavy atom. The van der Waals surface area contributed by atoms with E-state index < -0.39 is 6.09 Å². The maximum Gasteiger partial charge on any atom is 0.418 e. The van der Waals surface area contributed by atoms with E-state index in [0.29, 0.717) is 0 Å². The highest BCUT2D eigenvalue weighted by molar-refractivity contribution is 5.72. The van der Waals surface area contributed by atoms with Crippen LogP contribution in [-0.4, -0.2) is 15.8 Å². The first-order chi connectivity index (χ1) is 8.70. The minimum Gasteiger partial charge on any atom is -0.505 e. The quantitative estimate of drug-likeness (QED) is 0.876. The van der Waals surface area contributed by atoms with E-state index in [1.165, 1.54) is 6.20 Å². The first-order valence-electron chi connectivity index (χ1n) is 5.23. The standard InChI is InChI=1S/C13H10N2O3/c14-6-11-7-15(8-12(11)16)13(17)18-9-10-4-2-1-3-5-10/h1-5,7-8,16H,9H2. The average Bonchev–Trinajstić information content (AvgIpc) is 2.78. The van der Waals surface area contributed by atoms with E-state index in [2.05, 4.69) is 0 Å². The second kappa shape index (κ2) is 5.06. The molecule has 90 valence electrons. The number of nitriles is 1. The van der Waals surface area contributed by atoms with Gasteiger partial charge < -0.3 is 9.84 Å². The summed E-state index contributed by atoms with van der Waals surface area (Å²) in [6.07, 6.45) is 1.73. The van der Waals surface area contributed by atoms with Gasteiger partial charge in [-0.3, -0.25) is 4.57 Å². The van der Waals surface area contributed by atoms with Crippen LogP contribution in [-0.2, 0) is 11.3 Å². The zero-order valence-corrected chi connectivity index (χ0v) is 9.41. The number of carbonyl (C=O) groups is 1. The lowest BCUT2D eigenvalue weighted by Crippen LogP contribution is -2.11. The molecule has 5 heteroatoms. The van der Waals surface area contributed by atoms with Gasteiger partial charge in [-0.15, -0.1) is 0 Å². The minimum atomic E-state index is -0.643. The molecule has 0 unspecified atom stereocenters. The van der Waals surface area contributed by atoms with Gasteiger partial charge in [-0.1, -0.05) is 30.3 Å². The summed E-state index contributed by atoms with van der Waals surface area (Å²) < 4.78 is 6.07. The summed E-state index contributed by atoms with van der Waals surface area (Å²) in [5.74, 6) is -0.242. The number of hydrogen-bond donors (Lipinski definition) is 1. The van der Waals surface area contributed by atoms with E-state index in [4.69, 9.17) is 10.00 Å². The normalized spacial score (nSPS) is 9.72. The van der Waals surface area contributed by atoms with Crippen molar-refractivity contribution in [1.82, 2.24) is 4.57 Å². The number of ether oxygens (including phenoxy) is 1. The molecule has 2 aromatic rings. The molecule has 0 atom stereocenters. The molecular formula is C13H10N2O3. The third-order valence-corrected chi connectivity index (χ3v) is 2.34. The summed E-state index contributed by atoms with van der Waals surface area (Å²) in [4.78, 5) is 11.6. The maximum atomic E-state index is 11.6. The Morgan fingerprint density at radius 2 is 2.06 bits per heavy atom. The molecule has 0 saturated heterocycles. The summed E-state index contributed by atoms with van der Waals surface area (Å²) in [6.45, 7) is 0.139. The molecule has 0 aliphatic rings. The predicted octanol–water partition coefficient (Wildman–Crippen LogP) is 2.25. The van der Waals surface area contributed by atoms with Crippen molar-refractivity contribution in [2.45, 2.75) is 6.61 Å². The van der Waals surface area contributed by atoms with Crippen LogP contribution < -0.4 is 0 Å². The fraction of sp³-hybridized carbons (Fsp3) is 0.0769. The number of hydrogen-bond acceptors (Lipinski definition) is 4. The van der Waals surface area contributed by atoms with Gasteiger partial charge in [0.1, 0.15) is 18.2 Å². The molecule has 1 N–H and O–H groups in total. The van der Waals surface area contributed by atoms with Crippen LogP contribution in [0.3, 0.4) is 0 Å². The number of nitrogens with zero attached hydrogens (tertiary/aromatic N) is 2. The SMILES string of the molecule is N#Cc1cn(C(=O)OCc2ccccc2)cc1O. The predicted molar refractivity (Wildman–Crippen MR) is 62.8 cm³/mol. The van der Waals surface area contributed by atoms with E-state index in [1.807, 2.05) is 30.3 Å². The Hall–Kier alpha value is -2.74. The molecule has 0 fully saturated rings. The lowest BCUT2D eigenvalue weighted by atomic mass is 10.2. The third-order valence-electron chi connectivity index (χ3n) is 2.34. The van der Waals surface area contributed by atoms with Crippen LogP contribution in [0.4, 0.5) is 4.79 Å². The van der Waals surface area contributed by atoms with Gasteiger partial charge in [0.25, 0.3) is 0 Å². The molecule has 0 amide bonds. The molecule has 1 heterocycles. The van der Waals surface area contributed by atoms with Crippen molar-refractivity contribution in [2.24, 2.45) is 0 Å². The molecule has 0 saturated carbocycles. The van der Waals surface area contributed by atoms with Gasteiger partial charge in [-0.05, 0) is 5.56 Å². The van der Waals surface area contributed by atoms with E-state index >= 15 is 0 Å². The number of benzene rings is 1. The fourth-order valence-electron chi connectivity index (χ4n) is 1.43. The lowest BCUT2D eigenvalue weighted by molar-refractivity contribution is 0.141. The third kappa shape index (κ3) is 2.50. The second-order valence-electron chi connectivity index (χ2n) is 3.62. The van der Waals surface area contributed by atoms with E-state index in [1.54, 1.807) is 6.07 Å². The van der Waals surface area contributed by atoms with Gasteiger partial charge in [-0.2, -0.15) is 5.26 Å². The Balaban J connectivity index is 2.02. The second-order valence-corrected chi connectivity index (χ2v) is 3.62. The summed E-state index contributed by atoms with van der Waals surface area (Å²) in [7, 11) is 0. The van der Waals surface area contributed by atoms with Crippen molar-refractivity contribution in [3.8, 4) is 11.8 Å². The van der Waals surface area contributed by atoms with Gasteiger partial charge >= 0.3 is 6.09 Å². The van der Waals surface area contributed by atoms with Crippen LogP contribution in [0.1, 0.15) is 11.1 Å². The first-order valence-corrected chi connectivity index (χ1v) is 5.23. The highest BCUT2D eigenvalue weighted by Gasteiger charge is 2.11. The molecule has 0 bridgehead atoms. The van der Waals surface area contributed by atoms with Gasteiger partial charge in [0.15, 0.2) is 5.75 Å². The Labute approximate surface area is 103 Å². The molecule has 1 aromatic heterocycles. The van der Waals surface area contributed by atoms with Gasteiger partial charge in [0.2, 0.25) is 0 Å². The first kappa shape index (κ1) is 11.7. The monoisotopic (exact) mass is 242 g/mol. The largest absolute Gasteiger partial charge is 0.505 e. The maximum absolute atomic E-state index is 11.6. The van der Waals surface area contributed by atoms with Crippen molar-refractivity contribution in [3.05, 3.63) is 53.9 Å². The summed E-state index contributed by atoms with van der Waals surface area (Å²) in [6, 6.07) is 11.0. The van der Waals surface area contributed by atoms with Crippen LogP contribution >= 0.6 is 0 Å². The molecule has 0 spiro atoms. The number of carbonyl (C=O) groups excluding carboxylic acids is 1. The van der Waals surface area contributed by atoms with Crippen molar-refractivity contribution in [2.75, 3.05) is 0 Å². The molecule has 0 aliphatic carbocycles. The van der Waals surface area contributed by atoms with Crippen molar-refractivity contribution in [3.63, 3.8) is 0 Å². The zero-order valence-electron chi connectivity index (χ0n) is 9.41. The van der Waals surface area contributed by atoms with Crippen LogP contribution in [0.15, 0.2) is 42.7 Å². The number of aromatic nitrogens is 1. The topological polar surface area (TPSA) is 75.2 Å². The fourth-order valence-corrected chi connectivity index (χ4v) is 1.43. The smallest absolute Gasteiger partial charge is 0.418 e. The average molecular weight is 242 g/mol. The molecule has 5 nitrogen and oxygen atoms in total. The Bertz CT molecular complexity index is 596. The van der Waals surface area contributed by atoms with E-state index in [9.17, 15) is 9.90 Å². The zero-order chi connectivity index (χ0) is 13.0. The summed E-state index contributed by atoms with van der Waals surface area (Å²) in [5.41, 5.74) is 0.898. The summed E-state index contributed by atoms with van der Waals surface area (Å²) in [5, 5.41) is 18.0. The highest BCUT2D eigenvalue weighted by atomic mass is 16.5.